The van der Waals surface area contributed by atoms with Crippen LogP contribution in [-0.4, -0.2) is 112 Å². The van der Waals surface area contributed by atoms with Gasteiger partial charge in [-0.05, 0) is 61.2 Å². The highest BCUT2D eigenvalue weighted by molar-refractivity contribution is 5.23. The van der Waals surface area contributed by atoms with E-state index in [2.05, 4.69) is 0 Å². The van der Waals surface area contributed by atoms with E-state index in [0.29, 0.717) is 0 Å². The Balaban J connectivity index is 0.919. The minimum atomic E-state index is -2.05. The molecule has 0 aromatic heterocycles. The molecular weight excluding hydrogens is 1400 g/mol. The predicted molar refractivity (Wildman–Crippen MR) is 420 cm³/mol. The topological polar surface area (TPSA) is 148 Å². The van der Waals surface area contributed by atoms with Gasteiger partial charge in [-0.25, -0.2) is 0 Å². The summed E-state index contributed by atoms with van der Waals surface area (Å²) in [6.07, 6.45) is -13.0. The fraction of sp³-hybridized carbons (Fsp3) is 0.305. The monoisotopic (exact) mass is 1490 g/mol. The van der Waals surface area contributed by atoms with Gasteiger partial charge in [0.15, 0.2) is 12.6 Å². The first kappa shape index (κ1) is 78.5. The lowest BCUT2D eigenvalue weighted by Gasteiger charge is -2.49. The van der Waals surface area contributed by atoms with Gasteiger partial charge in [-0.15, -0.1) is 0 Å². The molecule has 0 unspecified atom stereocenters. The van der Waals surface area contributed by atoms with Crippen LogP contribution in [0.2, 0.25) is 0 Å². The van der Waals surface area contributed by atoms with E-state index in [1.54, 1.807) is 0 Å². The summed E-state index contributed by atoms with van der Waals surface area (Å²) in [7, 11) is 0. The Morgan fingerprint density at radius 3 is 0.730 bits per heavy atom. The van der Waals surface area contributed by atoms with Crippen LogP contribution >= 0.6 is 0 Å². The molecule has 0 amide bonds. The van der Waals surface area contributed by atoms with E-state index >= 15 is 0 Å². The summed E-state index contributed by atoms with van der Waals surface area (Å²) < 4.78 is 118. The molecule has 11 aromatic carbocycles. The zero-order valence-electron chi connectivity index (χ0n) is 62.4. The van der Waals surface area contributed by atoms with Gasteiger partial charge in [0.25, 0.3) is 0 Å². The Hall–Kier alpha value is -9.22. The van der Waals surface area contributed by atoms with Gasteiger partial charge in [-0.3, -0.25) is 0 Å². The minimum absolute atomic E-state index is 0.0116. The average Bonchev–Trinajstić information content (AvgIpc) is 1.65. The molecule has 3 fully saturated rings. The summed E-state index contributed by atoms with van der Waals surface area (Å²) in [4.78, 5) is 0. The summed E-state index contributed by atoms with van der Waals surface area (Å²) in [5.41, 5.74) is 10.3. The van der Waals surface area contributed by atoms with Crippen LogP contribution in [-0.2, 0) is 148 Å². The third kappa shape index (κ3) is 23.0. The van der Waals surface area contributed by atoms with Crippen molar-refractivity contribution < 1.29 is 75.8 Å². The maximum Gasteiger partial charge on any atom is 0.224 e. The third-order valence-electron chi connectivity index (χ3n) is 19.8. The van der Waals surface area contributed by atoms with Crippen molar-refractivity contribution in [2.45, 2.75) is 158 Å². The molecule has 14 atom stereocenters. The molecular formula is C95H98O16. The second-order valence-electron chi connectivity index (χ2n) is 28.0. The SMILES string of the molecule is c1ccc(COC[C@H]2O[C@@](CO[C@H]3O[C@H](COCc4ccccc4)[C@@H](OCc4ccccc4)[C@H](OCc4ccccc4)[C@H]3OCc3ccccc3)(O[C@H]3O[C@H](COCc4ccccc4)[C@@H](OCc4ccccc4)[C@H](OCc4ccccc4)[C@H]3OCc3ccccc3)[C@@H](OCc3ccccc3)[C@@H]2OCc2ccccc2)cc1. The van der Waals surface area contributed by atoms with Gasteiger partial charge in [0.2, 0.25) is 5.79 Å². The highest BCUT2D eigenvalue weighted by Gasteiger charge is 2.63. The molecule has 14 rings (SSSR count). The summed E-state index contributed by atoms with van der Waals surface area (Å²) in [5, 5.41) is 0. The first-order valence-electron chi connectivity index (χ1n) is 38.4. The van der Waals surface area contributed by atoms with Crippen LogP contribution in [0.15, 0.2) is 334 Å². The standard InChI is InChI=1S/C95H98O16/c1-12-34-71(35-13-1)56-96-67-82-85(99-59-74-40-18-4-19-41-74)88(102-62-77-46-24-7-25-47-77)90(104-64-79-50-28-9-29-51-79)93(108-82)107-70-95(92(106-66-81-54-32-11-33-55-81)87(101-61-76-44-22-6-23-45-76)84(110-95)69-98-58-73-38-16-3-17-39-73)111-94-91(105-65-80-52-30-10-31-53-80)89(103-63-78-48-26-8-27-49-78)86(100-60-75-42-20-5-21-43-75)83(109-94)68-97-57-72-36-14-2-15-37-72/h1-55,82-94H,56-70H2/t82-,83-,84-,85-,86-,87-,88+,89+,90-,91-,92+,93+,94-,95+/m1/s1. The Morgan fingerprint density at radius 2 is 0.432 bits per heavy atom. The molecule has 3 heterocycles. The van der Waals surface area contributed by atoms with E-state index in [1.807, 2.05) is 334 Å². The van der Waals surface area contributed by atoms with E-state index in [1.165, 1.54) is 0 Å². The lowest BCUT2D eigenvalue weighted by Crippen LogP contribution is -2.65. The average molecular weight is 1500 g/mol. The molecule has 0 bridgehead atoms. The molecule has 0 N–H and O–H groups in total. The van der Waals surface area contributed by atoms with Gasteiger partial charge in [0, 0.05) is 0 Å². The first-order chi connectivity index (χ1) is 55.0. The molecule has 111 heavy (non-hydrogen) atoms. The highest BCUT2D eigenvalue weighted by atomic mass is 16.8. The van der Waals surface area contributed by atoms with Gasteiger partial charge in [-0.1, -0.05) is 334 Å². The quantitative estimate of drug-likeness (QED) is 0.0357. The van der Waals surface area contributed by atoms with Crippen molar-refractivity contribution in [3.63, 3.8) is 0 Å². The zero-order valence-corrected chi connectivity index (χ0v) is 62.4. The van der Waals surface area contributed by atoms with Crippen LogP contribution in [0.25, 0.3) is 0 Å². The summed E-state index contributed by atoms with van der Waals surface area (Å²) in [5.74, 6) is -2.05. The van der Waals surface area contributed by atoms with Crippen LogP contribution in [0.4, 0.5) is 0 Å². The largest absolute Gasteiger partial charge is 0.374 e. The summed E-state index contributed by atoms with van der Waals surface area (Å²) >= 11 is 0. The fourth-order valence-electron chi connectivity index (χ4n) is 14.1. The van der Waals surface area contributed by atoms with Crippen molar-refractivity contribution in [3.8, 4) is 0 Å². The molecule has 16 nitrogen and oxygen atoms in total. The predicted octanol–water partition coefficient (Wildman–Crippen LogP) is 16.9. The smallest absolute Gasteiger partial charge is 0.224 e. The molecule has 0 aliphatic carbocycles. The number of rotatable bonds is 41. The highest BCUT2D eigenvalue weighted by Crippen LogP contribution is 2.44. The number of hydrogen-bond donors (Lipinski definition) is 0. The van der Waals surface area contributed by atoms with Gasteiger partial charge in [0.05, 0.1) is 92.5 Å². The molecule has 0 spiro atoms. The van der Waals surface area contributed by atoms with Gasteiger partial charge in [-0.2, -0.15) is 0 Å². The molecule has 0 saturated carbocycles. The maximum atomic E-state index is 8.12. The van der Waals surface area contributed by atoms with Crippen LogP contribution in [0, 0.1) is 0 Å². The van der Waals surface area contributed by atoms with E-state index in [0.717, 1.165) is 61.2 Å². The summed E-state index contributed by atoms with van der Waals surface area (Å²) in [6, 6.07) is 110. The second-order valence-corrected chi connectivity index (χ2v) is 28.0. The molecule has 3 aliphatic rings. The van der Waals surface area contributed by atoms with Crippen LogP contribution in [0.1, 0.15) is 61.2 Å². The Labute approximate surface area is 651 Å². The van der Waals surface area contributed by atoms with E-state index in [4.69, 9.17) is 75.8 Å². The van der Waals surface area contributed by atoms with Crippen molar-refractivity contribution in [2.75, 3.05) is 26.4 Å². The number of benzene rings is 11. The third-order valence-corrected chi connectivity index (χ3v) is 19.8. The zero-order chi connectivity index (χ0) is 75.2. The lowest BCUT2D eigenvalue weighted by atomic mass is 9.97. The molecule has 16 heteroatoms. The second kappa shape index (κ2) is 41.9. The first-order valence-corrected chi connectivity index (χ1v) is 38.4. The Kier molecular flexibility index (Phi) is 29.6. The molecule has 3 saturated heterocycles. The normalized spacial score (nSPS) is 23.8. The Bertz CT molecular complexity index is 4350. The van der Waals surface area contributed by atoms with Crippen LogP contribution in [0.5, 0.6) is 0 Å². The van der Waals surface area contributed by atoms with E-state index in [-0.39, 0.29) is 92.5 Å². The summed E-state index contributed by atoms with van der Waals surface area (Å²) in [6.45, 7) is 1.74. The van der Waals surface area contributed by atoms with Crippen LogP contribution in [0.3, 0.4) is 0 Å². The molecule has 3 aliphatic heterocycles. The van der Waals surface area contributed by atoms with Crippen LogP contribution < -0.4 is 0 Å². The van der Waals surface area contributed by atoms with Gasteiger partial charge in [0.1, 0.15) is 73.8 Å². The van der Waals surface area contributed by atoms with E-state index in [9.17, 15) is 0 Å². The van der Waals surface area contributed by atoms with Crippen molar-refractivity contribution in [2.24, 2.45) is 0 Å². The Morgan fingerprint density at radius 1 is 0.207 bits per heavy atom. The number of hydrogen-bond acceptors (Lipinski definition) is 16. The van der Waals surface area contributed by atoms with Crippen molar-refractivity contribution in [1.82, 2.24) is 0 Å². The van der Waals surface area contributed by atoms with Gasteiger partial charge < -0.3 is 75.8 Å². The lowest BCUT2D eigenvalue weighted by molar-refractivity contribution is -0.409. The maximum absolute atomic E-state index is 8.12. The van der Waals surface area contributed by atoms with Crippen molar-refractivity contribution in [3.05, 3.63) is 395 Å². The number of ether oxygens (including phenoxy) is 16. The molecule has 574 valence electrons. The molecule has 11 aromatic rings. The van der Waals surface area contributed by atoms with Crippen molar-refractivity contribution in [1.29, 1.82) is 0 Å². The minimum Gasteiger partial charge on any atom is -0.374 e. The fourth-order valence-corrected chi connectivity index (χ4v) is 14.1. The van der Waals surface area contributed by atoms with Gasteiger partial charge >= 0.3 is 0 Å². The van der Waals surface area contributed by atoms with E-state index < -0.39 is 92.1 Å². The molecule has 0 radical (unpaired) electrons. The van der Waals surface area contributed by atoms with Crippen molar-refractivity contribution >= 4 is 0 Å².